The van der Waals surface area contributed by atoms with E-state index in [0.717, 1.165) is 45.5 Å². The largest absolute Gasteiger partial charge is 0.316 e. The molecule has 0 N–H and O–H groups in total. The first-order chi connectivity index (χ1) is 53.8. The zero-order chi connectivity index (χ0) is 72.3. The van der Waals surface area contributed by atoms with Crippen molar-refractivity contribution in [3.05, 3.63) is 412 Å². The van der Waals surface area contributed by atoms with Crippen molar-refractivity contribution in [2.75, 3.05) is 9.80 Å². The molecule has 0 spiro atoms. The summed E-state index contributed by atoms with van der Waals surface area (Å²) in [6, 6.07) is 142. The van der Waals surface area contributed by atoms with Crippen LogP contribution in [-0.4, -0.2) is 9.13 Å². The second-order valence-electron chi connectivity index (χ2n) is 29.5. The minimum Gasteiger partial charge on any atom is -0.316 e. The average molecular weight is 1390 g/mol. The fourth-order valence-corrected chi connectivity index (χ4v) is 18.0. The van der Waals surface area contributed by atoms with Crippen LogP contribution < -0.4 is 9.80 Å². The molecule has 0 atom stereocenters. The van der Waals surface area contributed by atoms with Crippen LogP contribution in [0.1, 0.15) is 25.0 Å². The maximum Gasteiger partial charge on any atom is 0.0547 e. The molecule has 3 aliphatic carbocycles. The average Bonchev–Trinajstić information content (AvgIpc) is 1.57. The van der Waals surface area contributed by atoms with Crippen LogP contribution in [0.2, 0.25) is 0 Å². The van der Waals surface area contributed by atoms with Crippen LogP contribution in [-0.2, 0) is 5.41 Å². The normalized spacial score (nSPS) is 12.4. The molecule has 2 heterocycles. The molecule has 4 nitrogen and oxygen atoms in total. The van der Waals surface area contributed by atoms with Crippen molar-refractivity contribution >= 4 is 77.5 Å². The summed E-state index contributed by atoms with van der Waals surface area (Å²) in [7, 11) is 0. The minimum atomic E-state index is -0.0731. The molecule has 0 unspecified atom stereocenters. The van der Waals surface area contributed by atoms with Gasteiger partial charge < -0.3 is 18.9 Å². The highest BCUT2D eigenvalue weighted by Crippen LogP contribution is 2.55. The first-order valence-corrected chi connectivity index (χ1v) is 37.8. The van der Waals surface area contributed by atoms with Crippen LogP contribution in [0, 0.1) is 0 Å². The molecule has 22 rings (SSSR count). The fourth-order valence-electron chi connectivity index (χ4n) is 18.0. The summed E-state index contributed by atoms with van der Waals surface area (Å²) in [6.07, 6.45) is 4.71. The van der Waals surface area contributed by atoms with Gasteiger partial charge in [0.15, 0.2) is 0 Å². The first-order valence-electron chi connectivity index (χ1n) is 37.8. The van der Waals surface area contributed by atoms with E-state index in [2.05, 4.69) is 433 Å². The van der Waals surface area contributed by atoms with Gasteiger partial charge in [0, 0.05) is 96.3 Å². The number of aromatic nitrogens is 2. The molecule has 17 aromatic carbocycles. The van der Waals surface area contributed by atoms with Crippen LogP contribution in [0.4, 0.5) is 34.1 Å². The van der Waals surface area contributed by atoms with Gasteiger partial charge in [-0.2, -0.15) is 0 Å². The Balaban J connectivity index is 0.000000141. The molecular formula is C105H72N4. The van der Waals surface area contributed by atoms with E-state index in [1.165, 1.54) is 155 Å². The van der Waals surface area contributed by atoms with Crippen LogP contribution in [0.25, 0.3) is 155 Å². The van der Waals surface area contributed by atoms with Crippen molar-refractivity contribution in [2.45, 2.75) is 19.3 Å². The quantitative estimate of drug-likeness (QED) is 0.136. The molecule has 0 radical (unpaired) electrons. The van der Waals surface area contributed by atoms with E-state index in [1.54, 1.807) is 0 Å². The van der Waals surface area contributed by atoms with Gasteiger partial charge in [0.1, 0.15) is 0 Å². The lowest BCUT2D eigenvalue weighted by molar-refractivity contribution is 0.660. The molecule has 109 heavy (non-hydrogen) atoms. The molecule has 0 saturated carbocycles. The molecule has 0 saturated heterocycles. The molecular weight excluding hydrogens is 1320 g/mol. The molecule has 19 aromatic rings. The van der Waals surface area contributed by atoms with Gasteiger partial charge in [-0.05, 0) is 220 Å². The summed E-state index contributed by atoms with van der Waals surface area (Å²) in [5.41, 5.74) is 37.1. The number of nitrogens with zero attached hydrogens (tertiary/aromatic N) is 4. The van der Waals surface area contributed by atoms with E-state index in [1.807, 2.05) is 0 Å². The van der Waals surface area contributed by atoms with Crippen LogP contribution in [0.15, 0.2) is 401 Å². The van der Waals surface area contributed by atoms with Gasteiger partial charge in [-0.1, -0.05) is 293 Å². The molecule has 3 aliphatic rings. The minimum absolute atomic E-state index is 0.0731. The molecule has 0 aliphatic heterocycles. The second-order valence-corrected chi connectivity index (χ2v) is 29.5. The predicted octanol–water partition coefficient (Wildman–Crippen LogP) is 28.8. The maximum absolute atomic E-state index is 2.40. The molecule has 0 bridgehead atoms. The van der Waals surface area contributed by atoms with Gasteiger partial charge in [-0.25, -0.2) is 0 Å². The molecule has 512 valence electrons. The fraction of sp³-hybridized carbons (Fsp3) is 0.0286. The summed E-state index contributed by atoms with van der Waals surface area (Å²) in [5.74, 6) is 0. The Bertz CT molecular complexity index is 6730. The van der Waals surface area contributed by atoms with Crippen molar-refractivity contribution in [1.82, 2.24) is 9.13 Å². The van der Waals surface area contributed by atoms with Crippen molar-refractivity contribution in [1.29, 1.82) is 0 Å². The molecule has 4 heteroatoms. The second kappa shape index (κ2) is 25.6. The zero-order valence-corrected chi connectivity index (χ0v) is 60.4. The standard InChI is InChI=1S/C57H40N2.C48H32N2/c1-57(2)52-23-13-12-21-48(52)49-33-32-43(35-53(49)57)59(41-15-4-3-5-16-41)42-30-26-38(27-31-42)37-24-28-40(29-25-37)58-36-51-47-20-9-8-18-45(47)46-19-10-11-22-50(46)55-44-17-7-6-14-39(44)34-54(58)56(51)55;1-3-14-37(15-4-1)50(38-16-5-2-6-17-38)39-29-25-34(26-30-39)33-23-27-36(28-24-33)49-32-45-43-21-10-9-19-41(43)42-20-11-12-22-44(42)47-40-18-8-7-13-35(40)31-46(49)48(45)47/h3-36H,1-2H3;1-32H. The molecule has 0 amide bonds. The van der Waals surface area contributed by atoms with E-state index >= 15 is 0 Å². The highest BCUT2D eigenvalue weighted by molar-refractivity contribution is 6.23. The summed E-state index contributed by atoms with van der Waals surface area (Å²) in [6.45, 7) is 4.70. The van der Waals surface area contributed by atoms with E-state index in [0.29, 0.717) is 0 Å². The Kier molecular flexibility index (Phi) is 14.9. The van der Waals surface area contributed by atoms with E-state index in [-0.39, 0.29) is 5.41 Å². The van der Waals surface area contributed by atoms with Crippen LogP contribution in [0.3, 0.4) is 0 Å². The number of hydrogen-bond donors (Lipinski definition) is 0. The van der Waals surface area contributed by atoms with Gasteiger partial charge in [-0.3, -0.25) is 0 Å². The summed E-state index contributed by atoms with van der Waals surface area (Å²) in [5, 5.41) is 7.68. The third-order valence-corrected chi connectivity index (χ3v) is 23.1. The Labute approximate surface area is 634 Å². The topological polar surface area (TPSA) is 16.3 Å². The van der Waals surface area contributed by atoms with E-state index in [4.69, 9.17) is 0 Å². The van der Waals surface area contributed by atoms with Gasteiger partial charge >= 0.3 is 0 Å². The Hall–Kier alpha value is -14.1. The van der Waals surface area contributed by atoms with Gasteiger partial charge in [0.05, 0.1) is 11.0 Å². The number of fused-ring (bicyclic) bond motifs is 17. The zero-order valence-electron chi connectivity index (χ0n) is 60.4. The summed E-state index contributed by atoms with van der Waals surface area (Å²) in [4.78, 5) is 4.68. The van der Waals surface area contributed by atoms with Crippen LogP contribution >= 0.6 is 0 Å². The number of hydrogen-bond acceptors (Lipinski definition) is 2. The van der Waals surface area contributed by atoms with E-state index in [9.17, 15) is 0 Å². The van der Waals surface area contributed by atoms with Crippen molar-refractivity contribution in [3.8, 4) is 112 Å². The lowest BCUT2D eigenvalue weighted by atomic mass is 9.82. The van der Waals surface area contributed by atoms with Gasteiger partial charge in [0.25, 0.3) is 0 Å². The van der Waals surface area contributed by atoms with Crippen molar-refractivity contribution < 1.29 is 0 Å². The third kappa shape index (κ3) is 10.4. The summed E-state index contributed by atoms with van der Waals surface area (Å²) < 4.78 is 4.78. The number of anilines is 6. The predicted molar refractivity (Wildman–Crippen MR) is 459 cm³/mol. The van der Waals surface area contributed by atoms with Crippen molar-refractivity contribution in [2.24, 2.45) is 0 Å². The Morgan fingerprint density at radius 3 is 0.927 bits per heavy atom. The number of rotatable bonds is 10. The highest BCUT2D eigenvalue weighted by atomic mass is 15.1. The highest BCUT2D eigenvalue weighted by Gasteiger charge is 2.36. The monoisotopic (exact) mass is 1390 g/mol. The van der Waals surface area contributed by atoms with Gasteiger partial charge in [0.2, 0.25) is 0 Å². The lowest BCUT2D eigenvalue weighted by Gasteiger charge is -2.28. The molecule has 0 fully saturated rings. The first kappa shape index (κ1) is 63.4. The lowest BCUT2D eigenvalue weighted by Crippen LogP contribution is -2.16. The van der Waals surface area contributed by atoms with Crippen molar-refractivity contribution in [3.63, 3.8) is 0 Å². The molecule has 2 aromatic heterocycles. The van der Waals surface area contributed by atoms with Crippen LogP contribution in [0.5, 0.6) is 0 Å². The number of para-hydroxylation sites is 3. The Morgan fingerprint density at radius 2 is 0.514 bits per heavy atom. The SMILES string of the molecule is CC1(C)c2ccccc2-c2ccc(N(c3ccccc3)c3ccc(-c4ccc(-n5cc6c7c(c8ccccc8cc75)-c5ccccc5-c5ccccc5-6)cc4)cc3)cc21.c1ccc(N(c2ccccc2)c2ccc(-c3ccc(-n4cc5c6c(c7ccccc7cc64)-c4ccccc4-c4ccccc4-5)cc3)cc2)cc1. The number of benzene rings is 17. The van der Waals surface area contributed by atoms with E-state index < -0.39 is 0 Å². The maximum atomic E-state index is 2.40. The summed E-state index contributed by atoms with van der Waals surface area (Å²) >= 11 is 0. The smallest absolute Gasteiger partial charge is 0.0547 e. The Morgan fingerprint density at radius 1 is 0.220 bits per heavy atom. The van der Waals surface area contributed by atoms with Gasteiger partial charge in [-0.15, -0.1) is 0 Å². The third-order valence-electron chi connectivity index (χ3n) is 23.1.